The van der Waals surface area contributed by atoms with Crippen LogP contribution in [0, 0.1) is 0 Å². The predicted molar refractivity (Wildman–Crippen MR) is 134 cm³/mol. The Labute approximate surface area is 196 Å². The van der Waals surface area contributed by atoms with Crippen LogP contribution in [-0.2, 0) is 22.3 Å². The molecule has 0 radical (unpaired) electrons. The predicted octanol–water partition coefficient (Wildman–Crippen LogP) is 3.22. The molecule has 1 aliphatic rings. The zero-order valence-corrected chi connectivity index (χ0v) is 20.5. The number of nitrogens with zero attached hydrogens (tertiary/aromatic N) is 2. The summed E-state index contributed by atoms with van der Waals surface area (Å²) < 4.78 is 25.9. The van der Waals surface area contributed by atoms with E-state index in [4.69, 9.17) is 0 Å². The highest BCUT2D eigenvalue weighted by molar-refractivity contribution is 14.0. The molecule has 2 N–H and O–H groups in total. The van der Waals surface area contributed by atoms with Crippen LogP contribution < -0.4 is 10.0 Å². The minimum atomic E-state index is -3.28. The molecule has 0 spiro atoms. The minimum Gasteiger partial charge on any atom is -0.352 e. The maximum Gasteiger partial charge on any atom is 0.215 e. The number of benzene rings is 2. The Morgan fingerprint density at radius 3 is 2.47 bits per heavy atom. The number of nitrogens with one attached hydrogen (secondary N) is 2. The molecule has 1 heterocycles. The van der Waals surface area contributed by atoms with E-state index in [9.17, 15) is 8.42 Å². The molecule has 2 aromatic carbocycles. The molecular formula is C22H29IN4O2S. The average molecular weight is 540 g/mol. The number of rotatable bonds is 6. The van der Waals surface area contributed by atoms with Crippen LogP contribution in [-0.4, -0.2) is 46.5 Å². The van der Waals surface area contributed by atoms with Crippen LogP contribution in [0.3, 0.4) is 0 Å². The molecule has 162 valence electrons. The van der Waals surface area contributed by atoms with Crippen molar-refractivity contribution in [3.05, 3.63) is 77.4 Å². The summed E-state index contributed by atoms with van der Waals surface area (Å²) in [5.74, 6) is 0.826. The second-order valence-corrected chi connectivity index (χ2v) is 8.90. The standard InChI is InChI=1S/C22H28N4O2S.HI/c1-23-22(26-13-11-21(12-14-26)20-9-4-3-5-10-20)25-16-18-7-6-8-19(15-18)17-29(27,28)24-2;/h3-11,15,24H,12-14,16-17H2,1-2H3,(H,23,25);1H. The molecular weight excluding hydrogens is 511 g/mol. The van der Waals surface area contributed by atoms with Crippen LogP contribution in [0.2, 0.25) is 0 Å². The quantitative estimate of drug-likeness (QED) is 0.336. The average Bonchev–Trinajstić information content (AvgIpc) is 2.75. The number of hydrogen-bond acceptors (Lipinski definition) is 3. The lowest BCUT2D eigenvalue weighted by Crippen LogP contribution is -2.43. The highest BCUT2D eigenvalue weighted by Gasteiger charge is 2.16. The Bertz CT molecular complexity index is 991. The van der Waals surface area contributed by atoms with Crippen LogP contribution >= 0.6 is 24.0 Å². The number of aliphatic imine (C=N–C) groups is 1. The van der Waals surface area contributed by atoms with Crippen molar-refractivity contribution in [2.24, 2.45) is 4.99 Å². The first-order chi connectivity index (χ1) is 14.0. The van der Waals surface area contributed by atoms with Gasteiger partial charge in [0.25, 0.3) is 0 Å². The summed E-state index contributed by atoms with van der Waals surface area (Å²) >= 11 is 0. The van der Waals surface area contributed by atoms with Gasteiger partial charge < -0.3 is 10.2 Å². The van der Waals surface area contributed by atoms with Gasteiger partial charge in [0.15, 0.2) is 5.96 Å². The van der Waals surface area contributed by atoms with Crippen molar-refractivity contribution in [2.45, 2.75) is 18.7 Å². The zero-order valence-electron chi connectivity index (χ0n) is 17.3. The van der Waals surface area contributed by atoms with Crippen molar-refractivity contribution < 1.29 is 8.42 Å². The Balaban J connectivity index is 0.00000320. The molecule has 6 nitrogen and oxygen atoms in total. The summed E-state index contributed by atoms with van der Waals surface area (Å²) in [6, 6.07) is 18.1. The number of halogens is 1. The van der Waals surface area contributed by atoms with Gasteiger partial charge >= 0.3 is 0 Å². The molecule has 30 heavy (non-hydrogen) atoms. The zero-order chi connectivity index (χ0) is 20.7. The highest BCUT2D eigenvalue weighted by atomic mass is 127. The molecule has 1 aliphatic heterocycles. The smallest absolute Gasteiger partial charge is 0.215 e. The van der Waals surface area contributed by atoms with Gasteiger partial charge in [0.2, 0.25) is 10.0 Å². The highest BCUT2D eigenvalue weighted by Crippen LogP contribution is 2.22. The van der Waals surface area contributed by atoms with Gasteiger partial charge in [-0.3, -0.25) is 4.99 Å². The number of sulfonamides is 1. The molecule has 0 atom stereocenters. The minimum absolute atomic E-state index is 0. The first-order valence-corrected chi connectivity index (χ1v) is 11.3. The summed E-state index contributed by atoms with van der Waals surface area (Å²) in [6.45, 7) is 2.30. The third kappa shape index (κ3) is 6.82. The first-order valence-electron chi connectivity index (χ1n) is 9.70. The van der Waals surface area contributed by atoms with E-state index in [0.29, 0.717) is 6.54 Å². The second-order valence-electron chi connectivity index (χ2n) is 6.98. The van der Waals surface area contributed by atoms with E-state index in [1.807, 2.05) is 30.3 Å². The lowest BCUT2D eigenvalue weighted by Gasteiger charge is -2.30. The first kappa shape index (κ1) is 24.4. The van der Waals surface area contributed by atoms with Gasteiger partial charge in [0.05, 0.1) is 5.75 Å². The third-order valence-corrected chi connectivity index (χ3v) is 6.31. The maximum atomic E-state index is 11.8. The molecule has 0 saturated carbocycles. The molecule has 0 bridgehead atoms. The maximum absolute atomic E-state index is 11.8. The van der Waals surface area contributed by atoms with E-state index in [1.165, 1.54) is 18.2 Å². The molecule has 0 unspecified atom stereocenters. The van der Waals surface area contributed by atoms with E-state index in [0.717, 1.165) is 36.6 Å². The molecule has 2 aromatic rings. The molecule has 0 saturated heterocycles. The molecule has 0 aromatic heterocycles. The van der Waals surface area contributed by atoms with Crippen molar-refractivity contribution in [2.75, 3.05) is 27.2 Å². The Morgan fingerprint density at radius 2 is 1.83 bits per heavy atom. The topological polar surface area (TPSA) is 73.8 Å². The van der Waals surface area contributed by atoms with Gasteiger partial charge in [-0.25, -0.2) is 13.1 Å². The van der Waals surface area contributed by atoms with Crippen molar-refractivity contribution in [1.29, 1.82) is 0 Å². The molecule has 0 amide bonds. The van der Waals surface area contributed by atoms with Gasteiger partial charge in [-0.05, 0) is 35.7 Å². The summed E-state index contributed by atoms with van der Waals surface area (Å²) in [4.78, 5) is 6.64. The largest absolute Gasteiger partial charge is 0.352 e. The third-order valence-electron chi connectivity index (χ3n) is 4.97. The Hall–Kier alpha value is -1.91. The monoisotopic (exact) mass is 540 g/mol. The number of guanidine groups is 1. The fourth-order valence-corrected chi connectivity index (χ4v) is 4.17. The van der Waals surface area contributed by atoms with E-state index in [2.05, 4.69) is 50.3 Å². The Kier molecular flexibility index (Phi) is 9.32. The van der Waals surface area contributed by atoms with E-state index < -0.39 is 10.0 Å². The van der Waals surface area contributed by atoms with E-state index in [-0.39, 0.29) is 29.7 Å². The summed E-state index contributed by atoms with van der Waals surface area (Å²) in [5, 5.41) is 3.40. The van der Waals surface area contributed by atoms with Crippen LogP contribution in [0.4, 0.5) is 0 Å². The SMILES string of the molecule is CN=C(NCc1cccc(CS(=O)(=O)NC)c1)N1CC=C(c2ccccc2)CC1.I. The molecule has 3 rings (SSSR count). The fraction of sp³-hybridized carbons (Fsp3) is 0.318. The lowest BCUT2D eigenvalue weighted by atomic mass is 10.00. The molecule has 0 aliphatic carbocycles. The number of hydrogen-bond donors (Lipinski definition) is 2. The van der Waals surface area contributed by atoms with Crippen molar-refractivity contribution in [1.82, 2.24) is 14.9 Å². The summed E-state index contributed by atoms with van der Waals surface area (Å²) in [7, 11) is -0.0614. The normalized spacial score (nSPS) is 14.7. The van der Waals surface area contributed by atoms with Gasteiger partial charge in [-0.2, -0.15) is 0 Å². The van der Waals surface area contributed by atoms with Crippen molar-refractivity contribution in [3.63, 3.8) is 0 Å². The summed E-state index contributed by atoms with van der Waals surface area (Å²) in [6.07, 6.45) is 3.23. The lowest BCUT2D eigenvalue weighted by molar-refractivity contribution is 0.440. The summed E-state index contributed by atoms with van der Waals surface area (Å²) in [5.41, 5.74) is 4.44. The second kappa shape index (κ2) is 11.5. The van der Waals surface area contributed by atoms with Gasteiger partial charge in [-0.15, -0.1) is 24.0 Å². The van der Waals surface area contributed by atoms with Crippen LogP contribution in [0.25, 0.3) is 5.57 Å². The van der Waals surface area contributed by atoms with Crippen LogP contribution in [0.5, 0.6) is 0 Å². The Morgan fingerprint density at radius 1 is 1.10 bits per heavy atom. The van der Waals surface area contributed by atoms with Gasteiger partial charge in [0.1, 0.15) is 0 Å². The van der Waals surface area contributed by atoms with Crippen LogP contribution in [0.15, 0.2) is 65.7 Å². The van der Waals surface area contributed by atoms with E-state index in [1.54, 1.807) is 7.05 Å². The van der Waals surface area contributed by atoms with Crippen molar-refractivity contribution >= 4 is 45.5 Å². The van der Waals surface area contributed by atoms with Gasteiger partial charge in [0, 0.05) is 26.7 Å². The van der Waals surface area contributed by atoms with Crippen molar-refractivity contribution in [3.8, 4) is 0 Å². The molecule has 8 heteroatoms. The fourth-order valence-electron chi connectivity index (χ4n) is 3.41. The van der Waals surface area contributed by atoms with Gasteiger partial charge in [-0.1, -0.05) is 60.7 Å². The van der Waals surface area contributed by atoms with Crippen LogP contribution in [0.1, 0.15) is 23.1 Å². The van der Waals surface area contributed by atoms with E-state index >= 15 is 0 Å². The molecule has 0 fully saturated rings.